The van der Waals surface area contributed by atoms with Crippen LogP contribution in [0.2, 0.25) is 0 Å². The highest BCUT2D eigenvalue weighted by Crippen LogP contribution is 2.33. The van der Waals surface area contributed by atoms with Crippen LogP contribution >= 0.6 is 11.8 Å². The van der Waals surface area contributed by atoms with Crippen LogP contribution in [-0.4, -0.2) is 38.5 Å². The first-order valence-electron chi connectivity index (χ1n) is 7.26. The summed E-state index contributed by atoms with van der Waals surface area (Å²) < 4.78 is 69.1. The van der Waals surface area contributed by atoms with Gasteiger partial charge in [-0.15, -0.1) is 11.8 Å². The van der Waals surface area contributed by atoms with Crippen LogP contribution in [0.1, 0.15) is 10.4 Å². The zero-order valence-corrected chi connectivity index (χ0v) is 15.4. The maximum atomic E-state index is 12.6. The van der Waals surface area contributed by atoms with E-state index in [1.165, 1.54) is 24.3 Å². The number of nitrogens with one attached hydrogen (secondary N) is 1. The lowest BCUT2D eigenvalue weighted by Crippen LogP contribution is -2.15. The second-order valence-corrected chi connectivity index (χ2v) is 7.88. The molecular formula is C16H14F3NO5S2. The highest BCUT2D eigenvalue weighted by atomic mass is 32.2. The number of aromatic hydroxyl groups is 1. The Hall–Kier alpha value is -2.40. The predicted octanol–water partition coefficient (Wildman–Crippen LogP) is 3.63. The fourth-order valence-electron chi connectivity index (χ4n) is 2.00. The zero-order chi connectivity index (χ0) is 20.2. The van der Waals surface area contributed by atoms with Gasteiger partial charge in [-0.25, -0.2) is 13.2 Å². The van der Waals surface area contributed by atoms with Crippen molar-refractivity contribution in [1.29, 1.82) is 0 Å². The first kappa shape index (κ1) is 20.9. The Balaban J connectivity index is 2.34. The average molecular weight is 421 g/mol. The molecule has 0 unspecified atom stereocenters. The molecule has 6 nitrogen and oxygen atoms in total. The summed E-state index contributed by atoms with van der Waals surface area (Å²) >= 11 is 0.438. The quantitative estimate of drug-likeness (QED) is 0.547. The molecule has 2 rings (SSSR count). The third kappa shape index (κ3) is 5.54. The maximum Gasteiger partial charge on any atom is 0.398 e. The Morgan fingerprint density at radius 1 is 1.22 bits per heavy atom. The van der Waals surface area contributed by atoms with Gasteiger partial charge >= 0.3 is 12.1 Å². The van der Waals surface area contributed by atoms with Crippen molar-refractivity contribution in [2.45, 2.75) is 16.0 Å². The maximum absolute atomic E-state index is 12.6. The van der Waals surface area contributed by atoms with Gasteiger partial charge in [0.1, 0.15) is 11.3 Å². The number of halogens is 3. The fraction of sp³-hybridized carbons (Fsp3) is 0.188. The van der Waals surface area contributed by atoms with Gasteiger partial charge in [-0.05, 0) is 30.3 Å². The van der Waals surface area contributed by atoms with E-state index in [1.54, 1.807) is 0 Å². The molecule has 0 fully saturated rings. The number of carbonyl (C=O) groups is 1. The van der Waals surface area contributed by atoms with Crippen LogP contribution in [0.15, 0.2) is 52.3 Å². The predicted molar refractivity (Wildman–Crippen MR) is 93.5 cm³/mol. The van der Waals surface area contributed by atoms with Gasteiger partial charge in [0.25, 0.3) is 10.0 Å². The van der Waals surface area contributed by atoms with Gasteiger partial charge in [0.05, 0.1) is 23.4 Å². The molecule has 2 aromatic carbocycles. The van der Waals surface area contributed by atoms with Crippen molar-refractivity contribution in [3.05, 3.63) is 48.0 Å². The molecule has 0 bridgehead atoms. The first-order chi connectivity index (χ1) is 12.5. The summed E-state index contributed by atoms with van der Waals surface area (Å²) in [5.41, 5.74) is -0.403. The van der Waals surface area contributed by atoms with E-state index in [4.69, 9.17) is 0 Å². The Morgan fingerprint density at radius 2 is 1.89 bits per heavy atom. The topological polar surface area (TPSA) is 92.7 Å². The van der Waals surface area contributed by atoms with Gasteiger partial charge in [-0.1, -0.05) is 12.1 Å². The van der Waals surface area contributed by atoms with Crippen LogP contribution < -0.4 is 4.72 Å². The normalized spacial score (nSPS) is 11.9. The van der Waals surface area contributed by atoms with Crippen molar-refractivity contribution in [3.8, 4) is 5.75 Å². The molecule has 0 atom stereocenters. The van der Waals surface area contributed by atoms with Gasteiger partial charge in [-0.2, -0.15) is 13.2 Å². The van der Waals surface area contributed by atoms with Crippen LogP contribution in [0.25, 0.3) is 0 Å². The van der Waals surface area contributed by atoms with Gasteiger partial charge < -0.3 is 9.84 Å². The van der Waals surface area contributed by atoms with Crippen molar-refractivity contribution in [2.24, 2.45) is 0 Å². The van der Waals surface area contributed by atoms with Crippen molar-refractivity contribution in [2.75, 3.05) is 17.6 Å². The number of phenols is 1. The number of carbonyl (C=O) groups excluding carboxylic acids is 1. The molecular weight excluding hydrogens is 407 g/mol. The van der Waals surface area contributed by atoms with Crippen molar-refractivity contribution >= 4 is 33.4 Å². The molecule has 0 aromatic heterocycles. The molecule has 0 aliphatic heterocycles. The van der Waals surface area contributed by atoms with Crippen LogP contribution in [-0.2, 0) is 14.8 Å². The van der Waals surface area contributed by atoms with Crippen LogP contribution in [0, 0.1) is 0 Å². The van der Waals surface area contributed by atoms with Gasteiger partial charge in [0.15, 0.2) is 0 Å². The highest BCUT2D eigenvalue weighted by Gasteiger charge is 2.28. The number of ether oxygens (including phenoxy) is 1. The molecule has 2 N–H and O–H groups in total. The monoisotopic (exact) mass is 421 g/mol. The van der Waals surface area contributed by atoms with Crippen molar-refractivity contribution in [1.82, 2.24) is 0 Å². The Labute approximate surface area is 157 Å². The largest absolute Gasteiger partial charge is 0.507 e. The molecule has 0 saturated heterocycles. The number of para-hydroxylation sites is 1. The summed E-state index contributed by atoms with van der Waals surface area (Å²) in [6, 6.07) is 8.58. The number of methoxy groups -OCH3 is 1. The van der Waals surface area contributed by atoms with E-state index < -0.39 is 33.7 Å². The van der Waals surface area contributed by atoms with E-state index in [9.17, 15) is 31.5 Å². The summed E-state index contributed by atoms with van der Waals surface area (Å²) in [6.45, 7) is 0. The van der Waals surface area contributed by atoms with Gasteiger partial charge in [-0.3, -0.25) is 4.72 Å². The highest BCUT2D eigenvalue weighted by molar-refractivity contribution is 7.99. The number of esters is 1. The number of alkyl halides is 3. The van der Waals surface area contributed by atoms with Crippen LogP contribution in [0.3, 0.4) is 0 Å². The minimum atomic E-state index is -4.41. The molecule has 2 aromatic rings. The number of sulfonamides is 1. The van der Waals surface area contributed by atoms with E-state index in [0.717, 1.165) is 25.3 Å². The zero-order valence-electron chi connectivity index (χ0n) is 13.8. The Kier molecular flexibility index (Phi) is 6.26. The second-order valence-electron chi connectivity index (χ2n) is 5.18. The number of anilines is 1. The fourth-order valence-corrected chi connectivity index (χ4v) is 3.93. The van der Waals surface area contributed by atoms with E-state index in [-0.39, 0.29) is 21.0 Å². The van der Waals surface area contributed by atoms with Crippen molar-refractivity contribution in [3.63, 3.8) is 0 Å². The van der Waals surface area contributed by atoms with E-state index in [2.05, 4.69) is 9.46 Å². The Bertz CT molecular complexity index is 945. The molecule has 0 saturated carbocycles. The summed E-state index contributed by atoms with van der Waals surface area (Å²) in [7, 11) is -3.17. The number of rotatable bonds is 6. The summed E-state index contributed by atoms with van der Waals surface area (Å²) in [4.78, 5) is 11.3. The number of hydrogen-bond acceptors (Lipinski definition) is 6. The molecule has 27 heavy (non-hydrogen) atoms. The molecule has 0 aliphatic rings. The molecule has 0 aliphatic carbocycles. The first-order valence-corrected chi connectivity index (χ1v) is 9.73. The number of phenolic OH excluding ortho intramolecular Hbond substituents is 1. The molecule has 11 heteroatoms. The van der Waals surface area contributed by atoms with E-state index >= 15 is 0 Å². The molecule has 0 heterocycles. The summed E-state index contributed by atoms with van der Waals surface area (Å²) in [5.74, 6) is -2.59. The lowest BCUT2D eigenvalue weighted by molar-refractivity contribution is -0.105. The summed E-state index contributed by atoms with van der Waals surface area (Å²) in [6.07, 6.45) is -4.41. The minimum Gasteiger partial charge on any atom is -0.507 e. The molecule has 0 radical (unpaired) electrons. The smallest absolute Gasteiger partial charge is 0.398 e. The van der Waals surface area contributed by atoms with Crippen molar-refractivity contribution < 1.29 is 36.2 Å². The van der Waals surface area contributed by atoms with Crippen LogP contribution in [0.4, 0.5) is 18.9 Å². The lowest BCUT2D eigenvalue weighted by atomic mass is 10.2. The molecule has 0 spiro atoms. The third-order valence-electron chi connectivity index (χ3n) is 3.21. The number of hydrogen-bond donors (Lipinski definition) is 2. The van der Waals surface area contributed by atoms with E-state index in [1.807, 2.05) is 0 Å². The van der Waals surface area contributed by atoms with Gasteiger partial charge in [0.2, 0.25) is 0 Å². The minimum absolute atomic E-state index is 0.0422. The SMILES string of the molecule is COC(=O)c1cc(S(=O)(=O)Nc2ccccc2SCC(F)(F)F)ccc1O. The Morgan fingerprint density at radius 3 is 2.52 bits per heavy atom. The third-order valence-corrected chi connectivity index (χ3v) is 5.71. The number of thioether (sulfide) groups is 1. The van der Waals surface area contributed by atoms with E-state index in [0.29, 0.717) is 11.8 Å². The second kappa shape index (κ2) is 8.09. The lowest BCUT2D eigenvalue weighted by Gasteiger charge is -2.14. The molecule has 0 amide bonds. The average Bonchev–Trinajstić information content (AvgIpc) is 2.59. The summed E-state index contributed by atoms with van der Waals surface area (Å²) in [5, 5.41) is 9.66. The molecule has 146 valence electrons. The van der Waals surface area contributed by atoms with Crippen LogP contribution in [0.5, 0.6) is 5.75 Å². The van der Waals surface area contributed by atoms with Gasteiger partial charge in [0, 0.05) is 4.90 Å². The standard InChI is InChI=1S/C16H14F3NO5S2/c1-25-15(22)11-8-10(6-7-13(11)21)27(23,24)20-12-4-2-3-5-14(12)26-9-16(17,18)19/h2-8,20-21H,9H2,1H3. The number of benzene rings is 2.